The molecule has 0 aromatic carbocycles. The van der Waals surface area contributed by atoms with E-state index >= 15 is 0 Å². The number of carbonyl (C=O) groups is 1. The Morgan fingerprint density at radius 1 is 1.57 bits per heavy atom. The number of nitrogens with zero attached hydrogens (tertiary/aromatic N) is 2. The molecule has 1 aromatic rings. The van der Waals surface area contributed by atoms with Crippen molar-refractivity contribution in [3.63, 3.8) is 0 Å². The third-order valence-corrected chi connectivity index (χ3v) is 2.36. The molecule has 0 saturated heterocycles. The molecule has 0 bridgehead atoms. The van der Waals surface area contributed by atoms with Crippen LogP contribution >= 0.6 is 0 Å². The summed E-state index contributed by atoms with van der Waals surface area (Å²) in [6, 6.07) is 1.93. The van der Waals surface area contributed by atoms with E-state index in [2.05, 4.69) is 12.0 Å². The zero-order valence-corrected chi connectivity index (χ0v) is 9.37. The van der Waals surface area contributed by atoms with Gasteiger partial charge in [0.25, 0.3) is 0 Å². The van der Waals surface area contributed by atoms with Gasteiger partial charge in [0.1, 0.15) is 0 Å². The zero-order valence-electron chi connectivity index (χ0n) is 9.37. The van der Waals surface area contributed by atoms with Crippen LogP contribution in [-0.2, 0) is 0 Å². The summed E-state index contributed by atoms with van der Waals surface area (Å²) in [5.41, 5.74) is 1.83. The Morgan fingerprint density at radius 3 is 2.64 bits per heavy atom. The van der Waals surface area contributed by atoms with Gasteiger partial charge in [0.15, 0.2) is 0 Å². The van der Waals surface area contributed by atoms with Crippen LogP contribution < -0.4 is 0 Å². The maximum absolute atomic E-state index is 11.9. The van der Waals surface area contributed by atoms with Crippen LogP contribution in [-0.4, -0.2) is 15.7 Å². The molecule has 0 N–H and O–H groups in total. The minimum absolute atomic E-state index is 0.0676. The topological polar surface area (TPSA) is 34.9 Å². The van der Waals surface area contributed by atoms with E-state index in [-0.39, 0.29) is 11.8 Å². The molecule has 78 valence electrons. The molecule has 14 heavy (non-hydrogen) atoms. The standard InChI is InChI=1S/C11H18N2O/c1-5-6-8(2)11(14)13-10(4)7-9(3)12-13/h7-8H,5-6H2,1-4H3. The number of hydrogen-bond acceptors (Lipinski definition) is 2. The Kier molecular flexibility index (Phi) is 3.44. The van der Waals surface area contributed by atoms with E-state index in [1.54, 1.807) is 0 Å². The molecular weight excluding hydrogens is 176 g/mol. The van der Waals surface area contributed by atoms with E-state index in [1.807, 2.05) is 26.8 Å². The number of carbonyl (C=O) groups excluding carboxylic acids is 1. The molecule has 0 radical (unpaired) electrons. The molecule has 0 spiro atoms. The highest BCUT2D eigenvalue weighted by molar-refractivity contribution is 5.80. The molecule has 1 rings (SSSR count). The third-order valence-electron chi connectivity index (χ3n) is 2.36. The molecule has 0 aliphatic carbocycles. The Hall–Kier alpha value is -1.12. The fourth-order valence-corrected chi connectivity index (χ4v) is 1.62. The monoisotopic (exact) mass is 194 g/mol. The fraction of sp³-hybridized carbons (Fsp3) is 0.636. The van der Waals surface area contributed by atoms with Gasteiger partial charge in [-0.2, -0.15) is 5.10 Å². The van der Waals surface area contributed by atoms with E-state index in [4.69, 9.17) is 0 Å². The first kappa shape index (κ1) is 11.0. The molecule has 0 saturated carbocycles. The summed E-state index contributed by atoms with van der Waals surface area (Å²) in [7, 11) is 0. The molecular formula is C11H18N2O. The molecule has 1 unspecified atom stereocenters. The summed E-state index contributed by atoms with van der Waals surface area (Å²) in [5.74, 6) is 0.176. The van der Waals surface area contributed by atoms with Crippen LogP contribution in [0.25, 0.3) is 0 Å². The average molecular weight is 194 g/mol. The van der Waals surface area contributed by atoms with Gasteiger partial charge in [0.05, 0.1) is 5.69 Å². The van der Waals surface area contributed by atoms with Crippen LogP contribution in [0.1, 0.15) is 42.9 Å². The van der Waals surface area contributed by atoms with Crippen molar-refractivity contribution in [3.05, 3.63) is 17.5 Å². The summed E-state index contributed by atoms with van der Waals surface area (Å²) in [6.07, 6.45) is 1.96. The minimum Gasteiger partial charge on any atom is -0.272 e. The smallest absolute Gasteiger partial charge is 0.249 e. The van der Waals surface area contributed by atoms with Crippen molar-refractivity contribution in [2.45, 2.75) is 40.5 Å². The maximum atomic E-state index is 11.9. The maximum Gasteiger partial charge on any atom is 0.249 e. The summed E-state index contributed by atoms with van der Waals surface area (Å²) in [6.45, 7) is 7.87. The quantitative estimate of drug-likeness (QED) is 0.741. The van der Waals surface area contributed by atoms with Crippen LogP contribution in [0.15, 0.2) is 6.07 Å². The SMILES string of the molecule is CCCC(C)C(=O)n1nc(C)cc1C. The van der Waals surface area contributed by atoms with Gasteiger partial charge in [-0.15, -0.1) is 0 Å². The molecule has 0 amide bonds. The minimum atomic E-state index is 0.0676. The van der Waals surface area contributed by atoms with Gasteiger partial charge in [-0.1, -0.05) is 20.3 Å². The summed E-state index contributed by atoms with van der Waals surface area (Å²) < 4.78 is 1.52. The third kappa shape index (κ3) is 2.22. The van der Waals surface area contributed by atoms with Crippen molar-refractivity contribution >= 4 is 5.91 Å². The van der Waals surface area contributed by atoms with Crippen molar-refractivity contribution in [2.75, 3.05) is 0 Å². The molecule has 0 aliphatic rings. The number of aryl methyl sites for hydroxylation is 2. The van der Waals surface area contributed by atoms with Crippen LogP contribution in [0, 0.1) is 19.8 Å². The predicted molar refractivity (Wildman–Crippen MR) is 56.4 cm³/mol. The highest BCUT2D eigenvalue weighted by Crippen LogP contribution is 2.10. The van der Waals surface area contributed by atoms with E-state index in [0.717, 1.165) is 24.2 Å². The Bertz CT molecular complexity index is 328. The van der Waals surface area contributed by atoms with Crippen molar-refractivity contribution in [1.29, 1.82) is 0 Å². The highest BCUT2D eigenvalue weighted by atomic mass is 16.2. The van der Waals surface area contributed by atoms with Gasteiger partial charge in [-0.25, -0.2) is 4.68 Å². The lowest BCUT2D eigenvalue weighted by molar-refractivity contribution is 0.0818. The molecule has 1 atom stereocenters. The van der Waals surface area contributed by atoms with Gasteiger partial charge in [-0.3, -0.25) is 4.79 Å². The van der Waals surface area contributed by atoms with Crippen molar-refractivity contribution < 1.29 is 4.79 Å². The van der Waals surface area contributed by atoms with Crippen molar-refractivity contribution in [3.8, 4) is 0 Å². The van der Waals surface area contributed by atoms with Crippen LogP contribution in [0.5, 0.6) is 0 Å². The molecule has 1 aromatic heterocycles. The number of rotatable bonds is 3. The van der Waals surface area contributed by atoms with Gasteiger partial charge in [-0.05, 0) is 26.3 Å². The van der Waals surface area contributed by atoms with Crippen LogP contribution in [0.4, 0.5) is 0 Å². The normalized spacial score (nSPS) is 12.9. The van der Waals surface area contributed by atoms with E-state index < -0.39 is 0 Å². The summed E-state index contributed by atoms with van der Waals surface area (Å²) >= 11 is 0. The summed E-state index contributed by atoms with van der Waals surface area (Å²) in [5, 5.41) is 4.18. The Labute approximate surface area is 85.1 Å². The highest BCUT2D eigenvalue weighted by Gasteiger charge is 2.16. The summed E-state index contributed by atoms with van der Waals surface area (Å²) in [4.78, 5) is 11.9. The second-order valence-corrected chi connectivity index (χ2v) is 3.87. The molecule has 0 fully saturated rings. The van der Waals surface area contributed by atoms with Crippen molar-refractivity contribution in [1.82, 2.24) is 9.78 Å². The predicted octanol–water partition coefficient (Wildman–Crippen LogP) is 2.58. The first-order valence-electron chi connectivity index (χ1n) is 5.13. The molecule has 1 heterocycles. The van der Waals surface area contributed by atoms with Crippen LogP contribution in [0.2, 0.25) is 0 Å². The van der Waals surface area contributed by atoms with E-state index in [1.165, 1.54) is 4.68 Å². The van der Waals surface area contributed by atoms with E-state index in [9.17, 15) is 4.79 Å². The fourth-order valence-electron chi connectivity index (χ4n) is 1.62. The lowest BCUT2D eigenvalue weighted by atomic mass is 10.1. The average Bonchev–Trinajstić information content (AvgIpc) is 2.44. The van der Waals surface area contributed by atoms with Gasteiger partial charge in [0.2, 0.25) is 5.91 Å². The first-order chi connectivity index (χ1) is 6.56. The Balaban J connectivity index is 2.83. The van der Waals surface area contributed by atoms with Gasteiger partial charge < -0.3 is 0 Å². The largest absolute Gasteiger partial charge is 0.272 e. The molecule has 0 aliphatic heterocycles. The number of hydrogen-bond donors (Lipinski definition) is 0. The lowest BCUT2D eigenvalue weighted by Crippen LogP contribution is -2.21. The second kappa shape index (κ2) is 4.40. The molecule has 3 nitrogen and oxygen atoms in total. The van der Waals surface area contributed by atoms with E-state index in [0.29, 0.717) is 0 Å². The Morgan fingerprint density at radius 2 is 2.21 bits per heavy atom. The first-order valence-corrected chi connectivity index (χ1v) is 5.13. The van der Waals surface area contributed by atoms with Crippen LogP contribution in [0.3, 0.4) is 0 Å². The zero-order chi connectivity index (χ0) is 10.7. The van der Waals surface area contributed by atoms with Gasteiger partial charge in [0, 0.05) is 11.6 Å². The van der Waals surface area contributed by atoms with Gasteiger partial charge >= 0.3 is 0 Å². The molecule has 3 heteroatoms. The number of aromatic nitrogens is 2. The lowest BCUT2D eigenvalue weighted by Gasteiger charge is -2.09. The second-order valence-electron chi connectivity index (χ2n) is 3.87. The van der Waals surface area contributed by atoms with Crippen molar-refractivity contribution in [2.24, 2.45) is 5.92 Å².